The Morgan fingerprint density at radius 2 is 2.03 bits per heavy atom. The third-order valence-electron chi connectivity index (χ3n) is 7.74. The van der Waals surface area contributed by atoms with E-state index in [1.165, 1.54) is 16.8 Å². The summed E-state index contributed by atoms with van der Waals surface area (Å²) in [6, 6.07) is 8.65. The molecule has 0 amide bonds. The van der Waals surface area contributed by atoms with E-state index in [-0.39, 0.29) is 12.1 Å². The van der Waals surface area contributed by atoms with Gasteiger partial charge in [-0.05, 0) is 37.7 Å². The fourth-order valence-electron chi connectivity index (χ4n) is 5.42. The Bertz CT molecular complexity index is 1120. The zero-order chi connectivity index (χ0) is 21.9. The average molecular weight is 453 g/mol. The van der Waals surface area contributed by atoms with Gasteiger partial charge in [-0.3, -0.25) is 9.53 Å². The van der Waals surface area contributed by atoms with Crippen LogP contribution in [0.2, 0.25) is 0 Å². The van der Waals surface area contributed by atoms with E-state index >= 15 is 0 Å². The summed E-state index contributed by atoms with van der Waals surface area (Å²) in [5.41, 5.74) is 4.84. The smallest absolute Gasteiger partial charge is 0.227 e. The lowest BCUT2D eigenvalue weighted by molar-refractivity contribution is -0.491. The number of likely N-dealkylation sites (N-methyl/N-ethyl adjacent to an activating group) is 1. The largest absolute Gasteiger partial charge is 0.394 e. The van der Waals surface area contributed by atoms with Crippen molar-refractivity contribution < 1.29 is 14.6 Å². The van der Waals surface area contributed by atoms with Gasteiger partial charge >= 0.3 is 0 Å². The number of nitrogens with two attached hydrogens (primary N) is 1. The van der Waals surface area contributed by atoms with Gasteiger partial charge in [0, 0.05) is 49.5 Å². The van der Waals surface area contributed by atoms with Crippen LogP contribution in [0.25, 0.3) is 5.57 Å². The van der Waals surface area contributed by atoms with E-state index in [1.54, 1.807) is 0 Å². The predicted octanol–water partition coefficient (Wildman–Crippen LogP) is 1.57. The molecule has 1 saturated carbocycles. The Hall–Kier alpha value is -2.29. The van der Waals surface area contributed by atoms with Crippen LogP contribution in [0.1, 0.15) is 36.9 Å². The molecule has 3 aliphatic heterocycles. The van der Waals surface area contributed by atoms with Crippen molar-refractivity contribution in [3.8, 4) is 0 Å². The van der Waals surface area contributed by atoms with Gasteiger partial charge in [0.05, 0.1) is 28.6 Å². The molecule has 168 valence electrons. The third-order valence-corrected chi connectivity index (χ3v) is 9.19. The highest BCUT2D eigenvalue weighted by atomic mass is 32.2. The van der Waals surface area contributed by atoms with E-state index in [4.69, 9.17) is 9.97 Å². The van der Waals surface area contributed by atoms with Crippen molar-refractivity contribution in [1.82, 2.24) is 9.97 Å². The Kier molecular flexibility index (Phi) is 4.85. The zero-order valence-corrected chi connectivity index (χ0v) is 19.3. The number of piperidine rings is 1. The first kappa shape index (κ1) is 20.3. The fourth-order valence-corrected chi connectivity index (χ4v) is 6.80. The number of quaternary nitrogens is 1. The van der Waals surface area contributed by atoms with Crippen LogP contribution >= 0.6 is 0 Å². The van der Waals surface area contributed by atoms with Crippen molar-refractivity contribution in [2.24, 2.45) is 5.92 Å². The van der Waals surface area contributed by atoms with Crippen LogP contribution in [-0.2, 0) is 17.2 Å². The number of hydrogen-bond acceptors (Lipinski definition) is 6. The van der Waals surface area contributed by atoms with Gasteiger partial charge < -0.3 is 14.9 Å². The number of aliphatic hydroxyl groups is 1. The number of nitrogens with zero attached hydrogens (tertiary/aromatic N) is 4. The lowest BCUT2D eigenvalue weighted by Gasteiger charge is -2.34. The molecule has 3 N–H and O–H groups in total. The van der Waals surface area contributed by atoms with Gasteiger partial charge in [-0.2, -0.15) is 4.98 Å². The highest BCUT2D eigenvalue weighted by molar-refractivity contribution is 7.85. The molecular weight excluding hydrogens is 422 g/mol. The molecule has 0 radical (unpaired) electrons. The maximum absolute atomic E-state index is 12.7. The maximum atomic E-state index is 12.7. The second-order valence-corrected chi connectivity index (χ2v) is 11.0. The molecule has 4 aliphatic rings. The lowest BCUT2D eigenvalue weighted by atomic mass is 9.86. The fraction of sp³-hybridized carbons (Fsp3) is 0.500. The third kappa shape index (κ3) is 3.19. The summed E-state index contributed by atoms with van der Waals surface area (Å²) in [5.74, 6) is 2.69. The van der Waals surface area contributed by atoms with Gasteiger partial charge in [-0.1, -0.05) is 12.1 Å². The van der Waals surface area contributed by atoms with Crippen LogP contribution in [0, 0.1) is 5.92 Å². The van der Waals surface area contributed by atoms with Crippen molar-refractivity contribution >= 4 is 33.8 Å². The summed E-state index contributed by atoms with van der Waals surface area (Å²) in [7, 11) is 0.926. The van der Waals surface area contributed by atoms with Crippen molar-refractivity contribution in [1.29, 1.82) is 0 Å². The zero-order valence-electron chi connectivity index (χ0n) is 18.5. The number of allylic oxidation sites excluding steroid dienone is 1. The molecule has 1 unspecified atom stereocenters. The summed E-state index contributed by atoms with van der Waals surface area (Å²) in [6.45, 7) is 1.93. The average Bonchev–Trinajstić information content (AvgIpc) is 3.38. The molecule has 2 aromatic rings. The number of aromatic nitrogens is 2. The molecule has 4 heterocycles. The molecule has 6 rings (SSSR count). The summed E-state index contributed by atoms with van der Waals surface area (Å²) in [6.07, 6.45) is 7.07. The topological polar surface area (TPSA) is 86.2 Å². The van der Waals surface area contributed by atoms with E-state index in [2.05, 4.69) is 45.6 Å². The number of fused-ring (bicyclic) bond motifs is 2. The normalized spacial score (nSPS) is 23.6. The van der Waals surface area contributed by atoms with Crippen LogP contribution in [0.4, 0.5) is 17.5 Å². The first-order valence-corrected chi connectivity index (χ1v) is 12.9. The first-order valence-electron chi connectivity index (χ1n) is 11.6. The molecule has 0 spiro atoms. The second kappa shape index (κ2) is 7.64. The predicted molar refractivity (Wildman–Crippen MR) is 125 cm³/mol. The summed E-state index contributed by atoms with van der Waals surface area (Å²) in [5, 5.41) is 12.2. The van der Waals surface area contributed by atoms with Gasteiger partial charge in [-0.25, -0.2) is 4.98 Å². The van der Waals surface area contributed by atoms with Gasteiger partial charge in [0.25, 0.3) is 0 Å². The SMILES string of the molecule is CN(c1nc(N2CCC(C3=C[NH2+]c4ccccc43)CC2)nc2c1S(=O)CC2)C1(CO)CC1. The van der Waals surface area contributed by atoms with Gasteiger partial charge in [-0.15, -0.1) is 0 Å². The molecule has 1 aromatic carbocycles. The van der Waals surface area contributed by atoms with Gasteiger partial charge in [0.15, 0.2) is 5.82 Å². The van der Waals surface area contributed by atoms with E-state index in [0.29, 0.717) is 11.7 Å². The molecule has 0 bridgehead atoms. The molecule has 1 atom stereocenters. The van der Waals surface area contributed by atoms with Crippen molar-refractivity contribution in [3.63, 3.8) is 0 Å². The Labute approximate surface area is 191 Å². The van der Waals surface area contributed by atoms with Gasteiger partial charge in [0.2, 0.25) is 5.95 Å². The highest BCUT2D eigenvalue weighted by Gasteiger charge is 2.48. The summed E-state index contributed by atoms with van der Waals surface area (Å²) in [4.78, 5) is 15.0. The molecule has 2 fully saturated rings. The van der Waals surface area contributed by atoms with Crippen molar-refractivity contribution in [2.45, 2.75) is 42.5 Å². The van der Waals surface area contributed by atoms with Gasteiger partial charge in [0.1, 0.15) is 16.8 Å². The minimum absolute atomic E-state index is 0.100. The molecule has 8 heteroatoms. The minimum Gasteiger partial charge on any atom is -0.394 e. The van der Waals surface area contributed by atoms with Crippen molar-refractivity contribution in [3.05, 3.63) is 41.7 Å². The monoisotopic (exact) mass is 452 g/mol. The van der Waals surface area contributed by atoms with Crippen LogP contribution in [0.5, 0.6) is 0 Å². The molecular formula is C24H30N5O2S+. The van der Waals surface area contributed by atoms with E-state index in [1.807, 2.05) is 7.05 Å². The Balaban J connectivity index is 1.25. The number of aryl methyl sites for hydroxylation is 1. The number of benzene rings is 1. The number of anilines is 2. The maximum Gasteiger partial charge on any atom is 0.227 e. The van der Waals surface area contributed by atoms with Crippen LogP contribution < -0.4 is 15.1 Å². The molecule has 1 aliphatic carbocycles. The standard InChI is InChI=1S/C24H29N5O2S/c1-28(24(15-30)9-10-24)22-21-20(8-13-32(21)31)26-23(27-22)29-11-6-16(7-12-29)18-14-25-19-5-3-2-4-17(18)19/h2-5,14,16,25,30H,6-13,15H2,1H3/p+1. The summed E-state index contributed by atoms with van der Waals surface area (Å²) < 4.78 is 12.7. The van der Waals surface area contributed by atoms with E-state index in [9.17, 15) is 9.32 Å². The highest BCUT2D eigenvalue weighted by Crippen LogP contribution is 2.45. The molecule has 1 saturated heterocycles. The van der Waals surface area contributed by atoms with E-state index in [0.717, 1.165) is 67.5 Å². The number of rotatable bonds is 5. The summed E-state index contributed by atoms with van der Waals surface area (Å²) >= 11 is 0. The molecule has 7 nitrogen and oxygen atoms in total. The van der Waals surface area contributed by atoms with Crippen molar-refractivity contribution in [2.75, 3.05) is 42.3 Å². The number of hydrogen-bond donors (Lipinski definition) is 2. The number of para-hydroxylation sites is 1. The number of aliphatic hydroxyl groups excluding tert-OH is 1. The minimum atomic E-state index is -1.06. The van der Waals surface area contributed by atoms with Crippen LogP contribution in [0.15, 0.2) is 35.4 Å². The Morgan fingerprint density at radius 3 is 2.78 bits per heavy atom. The molecule has 1 aromatic heterocycles. The molecule has 32 heavy (non-hydrogen) atoms. The second-order valence-electron chi connectivity index (χ2n) is 9.50. The van der Waals surface area contributed by atoms with E-state index < -0.39 is 10.8 Å². The lowest BCUT2D eigenvalue weighted by Crippen LogP contribution is -2.69. The first-order chi connectivity index (χ1) is 15.6. The Morgan fingerprint density at radius 1 is 1.25 bits per heavy atom. The van der Waals surface area contributed by atoms with Crippen LogP contribution in [-0.4, -0.2) is 57.3 Å². The quantitative estimate of drug-likeness (QED) is 0.670. The van der Waals surface area contributed by atoms with Crippen LogP contribution in [0.3, 0.4) is 0 Å².